The first-order chi connectivity index (χ1) is 14.7. The molecule has 6 nitrogen and oxygen atoms in total. The second-order valence-electron chi connectivity index (χ2n) is 7.68. The lowest BCUT2D eigenvalue weighted by molar-refractivity contribution is 0.747. The van der Waals surface area contributed by atoms with Crippen LogP contribution in [0, 0.1) is 13.8 Å². The fourth-order valence-electron chi connectivity index (χ4n) is 4.19. The Balaban J connectivity index is 1.72. The molecule has 3 aromatic heterocycles. The number of rotatable bonds is 5. The van der Waals surface area contributed by atoms with Gasteiger partial charge in [0.25, 0.3) is 5.95 Å². The molecule has 2 aromatic carbocycles. The highest BCUT2D eigenvalue weighted by molar-refractivity contribution is 6.04. The molecule has 0 aliphatic rings. The molecule has 0 bridgehead atoms. The highest BCUT2D eigenvalue weighted by Gasteiger charge is 2.18. The van der Waals surface area contributed by atoms with Gasteiger partial charge in [-0.1, -0.05) is 61.9 Å². The maximum absolute atomic E-state index is 4.94. The van der Waals surface area contributed by atoms with Crippen molar-refractivity contribution in [2.75, 3.05) is 0 Å². The fourth-order valence-corrected chi connectivity index (χ4v) is 4.19. The largest absolute Gasteiger partial charge is 0.319 e. The lowest BCUT2D eigenvalue weighted by atomic mass is 10.1. The zero-order chi connectivity index (χ0) is 20.7. The summed E-state index contributed by atoms with van der Waals surface area (Å²) in [7, 11) is 0. The second kappa shape index (κ2) is 7.37. The van der Waals surface area contributed by atoms with E-state index < -0.39 is 0 Å². The zero-order valence-corrected chi connectivity index (χ0v) is 17.5. The van der Waals surface area contributed by atoms with Gasteiger partial charge in [-0.3, -0.25) is 0 Å². The van der Waals surface area contributed by atoms with E-state index in [1.807, 2.05) is 23.7 Å². The van der Waals surface area contributed by atoms with E-state index in [0.29, 0.717) is 5.95 Å². The van der Waals surface area contributed by atoms with Crippen LogP contribution >= 0.6 is 0 Å². The summed E-state index contributed by atoms with van der Waals surface area (Å²) < 4.78 is 4.05. The summed E-state index contributed by atoms with van der Waals surface area (Å²) in [6, 6.07) is 18.7. The molecule has 0 fully saturated rings. The molecule has 5 aromatic rings. The molecule has 0 saturated carbocycles. The molecule has 5 rings (SSSR count). The number of nitrogens with zero attached hydrogens (tertiary/aromatic N) is 6. The van der Waals surface area contributed by atoms with E-state index in [1.54, 1.807) is 0 Å². The predicted octanol–water partition coefficient (Wildman–Crippen LogP) is 4.78. The molecule has 6 heteroatoms. The summed E-state index contributed by atoms with van der Waals surface area (Å²) in [5, 5.41) is 14.8. The molecule has 0 atom stereocenters. The quantitative estimate of drug-likeness (QED) is 0.429. The van der Waals surface area contributed by atoms with E-state index in [-0.39, 0.29) is 0 Å². The van der Waals surface area contributed by atoms with Crippen molar-refractivity contribution in [3.05, 3.63) is 77.1 Å². The van der Waals surface area contributed by atoms with Crippen molar-refractivity contribution in [1.29, 1.82) is 0 Å². The second-order valence-corrected chi connectivity index (χ2v) is 7.68. The minimum absolute atomic E-state index is 0.516. The summed E-state index contributed by atoms with van der Waals surface area (Å²) in [5.41, 5.74) is 7.36. The van der Waals surface area contributed by atoms with E-state index in [1.165, 1.54) is 11.1 Å². The van der Waals surface area contributed by atoms with Crippen LogP contribution in [0.15, 0.2) is 54.6 Å². The van der Waals surface area contributed by atoms with Crippen molar-refractivity contribution in [3.63, 3.8) is 0 Å². The molecule has 0 saturated heterocycles. The predicted molar refractivity (Wildman–Crippen MR) is 119 cm³/mol. The van der Waals surface area contributed by atoms with Crippen molar-refractivity contribution < 1.29 is 0 Å². The molecule has 0 N–H and O–H groups in total. The molecule has 150 valence electrons. The van der Waals surface area contributed by atoms with Gasteiger partial charge in [0.2, 0.25) is 0 Å². The van der Waals surface area contributed by atoms with Crippen LogP contribution in [0.2, 0.25) is 0 Å². The fraction of sp³-hybridized carbons (Fsp3) is 0.250. The van der Waals surface area contributed by atoms with Crippen LogP contribution in [0.25, 0.3) is 28.0 Å². The zero-order valence-electron chi connectivity index (χ0n) is 17.5. The van der Waals surface area contributed by atoms with Gasteiger partial charge in [-0.25, -0.2) is 4.68 Å². The van der Waals surface area contributed by atoms with Crippen LogP contribution < -0.4 is 0 Å². The van der Waals surface area contributed by atoms with Gasteiger partial charge in [-0.15, -0.1) is 10.2 Å². The number of aromatic nitrogens is 6. The third-order valence-electron chi connectivity index (χ3n) is 5.68. The minimum atomic E-state index is 0.516. The minimum Gasteiger partial charge on any atom is -0.319 e. The van der Waals surface area contributed by atoms with Crippen LogP contribution in [-0.4, -0.2) is 29.5 Å². The molecular formula is C24H24N6. The third kappa shape index (κ3) is 2.96. The summed E-state index contributed by atoms with van der Waals surface area (Å²) >= 11 is 0. The Morgan fingerprint density at radius 1 is 0.900 bits per heavy atom. The Morgan fingerprint density at radius 2 is 1.67 bits per heavy atom. The van der Waals surface area contributed by atoms with Gasteiger partial charge in [-0.2, -0.15) is 10.1 Å². The SMILES string of the molecule is CCCc1c(C)nn(-c2nnc3c4ccccc4n(Cc4ccccc4)c3n2)c1C. The molecule has 30 heavy (non-hydrogen) atoms. The summed E-state index contributed by atoms with van der Waals surface area (Å²) in [4.78, 5) is 4.94. The van der Waals surface area contributed by atoms with Gasteiger partial charge in [-0.05, 0) is 37.5 Å². The highest BCUT2D eigenvalue weighted by atomic mass is 15.4. The van der Waals surface area contributed by atoms with Gasteiger partial charge in [0.05, 0.1) is 11.2 Å². The average Bonchev–Trinajstić information content (AvgIpc) is 3.24. The molecule has 3 heterocycles. The molecule has 0 radical (unpaired) electrons. The number of hydrogen-bond donors (Lipinski definition) is 0. The monoisotopic (exact) mass is 396 g/mol. The number of benzene rings is 2. The van der Waals surface area contributed by atoms with E-state index >= 15 is 0 Å². The number of fused-ring (bicyclic) bond motifs is 3. The number of aryl methyl sites for hydroxylation is 1. The molecule has 0 spiro atoms. The van der Waals surface area contributed by atoms with Crippen molar-refractivity contribution >= 4 is 22.1 Å². The smallest absolute Gasteiger partial charge is 0.272 e. The Labute approximate surface area is 175 Å². The topological polar surface area (TPSA) is 61.4 Å². The van der Waals surface area contributed by atoms with Crippen molar-refractivity contribution in [2.24, 2.45) is 0 Å². The van der Waals surface area contributed by atoms with E-state index in [2.05, 4.69) is 71.1 Å². The van der Waals surface area contributed by atoms with Crippen molar-refractivity contribution in [2.45, 2.75) is 40.2 Å². The van der Waals surface area contributed by atoms with Crippen molar-refractivity contribution in [1.82, 2.24) is 29.5 Å². The Kier molecular flexibility index (Phi) is 4.54. The molecule has 0 unspecified atom stereocenters. The summed E-state index contributed by atoms with van der Waals surface area (Å²) in [5.74, 6) is 0.516. The Morgan fingerprint density at radius 3 is 2.47 bits per heavy atom. The molecular weight excluding hydrogens is 372 g/mol. The number of hydrogen-bond acceptors (Lipinski definition) is 4. The van der Waals surface area contributed by atoms with Crippen LogP contribution in [0.1, 0.15) is 35.9 Å². The first kappa shape index (κ1) is 18.5. The van der Waals surface area contributed by atoms with Crippen LogP contribution in [0.5, 0.6) is 0 Å². The van der Waals surface area contributed by atoms with E-state index in [4.69, 9.17) is 10.1 Å². The van der Waals surface area contributed by atoms with Gasteiger partial charge < -0.3 is 4.57 Å². The van der Waals surface area contributed by atoms with Crippen LogP contribution in [0.3, 0.4) is 0 Å². The first-order valence-corrected chi connectivity index (χ1v) is 10.4. The average molecular weight is 396 g/mol. The maximum Gasteiger partial charge on any atom is 0.272 e. The van der Waals surface area contributed by atoms with Gasteiger partial charge in [0, 0.05) is 17.6 Å². The summed E-state index contributed by atoms with van der Waals surface area (Å²) in [6.07, 6.45) is 2.08. The molecule has 0 aliphatic carbocycles. The highest BCUT2D eigenvalue weighted by Crippen LogP contribution is 2.27. The first-order valence-electron chi connectivity index (χ1n) is 10.4. The Hall–Kier alpha value is -3.54. The summed E-state index contributed by atoms with van der Waals surface area (Å²) in [6.45, 7) is 7.04. The number of para-hydroxylation sites is 1. The van der Waals surface area contributed by atoms with Crippen LogP contribution in [0.4, 0.5) is 0 Å². The molecule has 0 aliphatic heterocycles. The van der Waals surface area contributed by atoms with Crippen LogP contribution in [-0.2, 0) is 13.0 Å². The van der Waals surface area contributed by atoms with Crippen molar-refractivity contribution in [3.8, 4) is 5.95 Å². The van der Waals surface area contributed by atoms with Gasteiger partial charge in [0.1, 0.15) is 5.52 Å². The standard InChI is InChI=1S/C24H24N6/c1-4-10-19-16(2)28-30(17(19)3)24-25-23-22(26-27-24)20-13-8-9-14-21(20)29(23)15-18-11-6-5-7-12-18/h5-9,11-14H,4,10,15H2,1-3H3. The normalized spacial score (nSPS) is 11.6. The van der Waals surface area contributed by atoms with E-state index in [0.717, 1.165) is 52.8 Å². The maximum atomic E-state index is 4.94. The lowest BCUT2D eigenvalue weighted by Crippen LogP contribution is -2.09. The van der Waals surface area contributed by atoms with Gasteiger partial charge >= 0.3 is 0 Å². The van der Waals surface area contributed by atoms with E-state index in [9.17, 15) is 0 Å². The Bertz CT molecular complexity index is 1350. The third-order valence-corrected chi connectivity index (χ3v) is 5.68. The lowest BCUT2D eigenvalue weighted by Gasteiger charge is -2.08. The molecule has 0 amide bonds. The van der Waals surface area contributed by atoms with Gasteiger partial charge in [0.15, 0.2) is 5.65 Å².